The summed E-state index contributed by atoms with van der Waals surface area (Å²) in [5.74, 6) is 0.860. The van der Waals surface area contributed by atoms with Crippen molar-refractivity contribution in [2.24, 2.45) is 11.3 Å². The molecule has 0 rings (SSSR count). The van der Waals surface area contributed by atoms with Gasteiger partial charge in [0.1, 0.15) is 0 Å². The van der Waals surface area contributed by atoms with Gasteiger partial charge in [0.25, 0.3) is 0 Å². The summed E-state index contributed by atoms with van der Waals surface area (Å²) in [6.45, 7) is 24.4. The summed E-state index contributed by atoms with van der Waals surface area (Å²) in [7, 11) is 0. The molecular formula is C19H43N. The lowest BCUT2D eigenvalue weighted by atomic mass is 9.93. The summed E-state index contributed by atoms with van der Waals surface area (Å²) in [6.07, 6.45) is 6.76. The Bertz CT molecular complexity index is 186. The Hall–Kier alpha value is -0.460. The zero-order chi connectivity index (χ0) is 16.6. The van der Waals surface area contributed by atoms with Crippen molar-refractivity contribution in [3.05, 3.63) is 12.3 Å². The highest BCUT2D eigenvalue weighted by atomic mass is 14.9. The summed E-state index contributed by atoms with van der Waals surface area (Å²) >= 11 is 0. The van der Waals surface area contributed by atoms with Gasteiger partial charge in [0.2, 0.25) is 0 Å². The first-order valence-corrected chi connectivity index (χ1v) is 8.77. The molecule has 0 atom stereocenters. The topological polar surface area (TPSA) is 12.0 Å². The van der Waals surface area contributed by atoms with Crippen molar-refractivity contribution in [1.82, 2.24) is 5.32 Å². The van der Waals surface area contributed by atoms with Crippen LogP contribution in [-0.4, -0.2) is 6.54 Å². The van der Waals surface area contributed by atoms with E-state index in [0.29, 0.717) is 0 Å². The van der Waals surface area contributed by atoms with Crippen molar-refractivity contribution >= 4 is 0 Å². The van der Waals surface area contributed by atoms with E-state index in [4.69, 9.17) is 0 Å². The third-order valence-corrected chi connectivity index (χ3v) is 2.95. The normalized spacial score (nSPS) is 10.1. The molecule has 0 fully saturated rings. The van der Waals surface area contributed by atoms with E-state index in [1.54, 1.807) is 0 Å². The Morgan fingerprint density at radius 2 is 1.35 bits per heavy atom. The summed E-state index contributed by atoms with van der Waals surface area (Å²) in [5, 5.41) is 3.43. The molecule has 0 aromatic carbocycles. The van der Waals surface area contributed by atoms with Gasteiger partial charge in [-0.05, 0) is 12.3 Å². The predicted octanol–water partition coefficient (Wildman–Crippen LogP) is 6.79. The smallest absolute Gasteiger partial charge is 0.0143 e. The Balaban J connectivity index is -0.000000656. The van der Waals surface area contributed by atoms with E-state index in [9.17, 15) is 0 Å². The fourth-order valence-electron chi connectivity index (χ4n) is 1.54. The molecule has 0 unspecified atom stereocenters. The Labute approximate surface area is 130 Å². The lowest BCUT2D eigenvalue weighted by Gasteiger charge is -2.23. The molecule has 0 saturated carbocycles. The molecule has 0 spiro atoms. The summed E-state index contributed by atoms with van der Waals surface area (Å²) in [6, 6.07) is 0. The third kappa shape index (κ3) is 19.9. The van der Waals surface area contributed by atoms with Gasteiger partial charge in [-0.1, -0.05) is 94.6 Å². The number of unbranched alkanes of at least 4 members (excludes halogenated alkanes) is 3. The van der Waals surface area contributed by atoms with E-state index in [1.807, 2.05) is 27.7 Å². The maximum absolute atomic E-state index is 4.07. The fourth-order valence-corrected chi connectivity index (χ4v) is 1.54. The molecule has 0 aromatic heterocycles. The molecule has 1 N–H and O–H groups in total. The lowest BCUT2D eigenvalue weighted by Crippen LogP contribution is -2.24. The summed E-state index contributed by atoms with van der Waals surface area (Å²) in [5.41, 5.74) is 1.35. The van der Waals surface area contributed by atoms with E-state index in [-0.39, 0.29) is 5.41 Å². The van der Waals surface area contributed by atoms with Gasteiger partial charge < -0.3 is 5.32 Å². The highest BCUT2D eigenvalue weighted by Gasteiger charge is 2.13. The number of allylic oxidation sites excluding steroid dienone is 1. The van der Waals surface area contributed by atoms with Crippen LogP contribution in [0.4, 0.5) is 0 Å². The Morgan fingerprint density at radius 3 is 1.75 bits per heavy atom. The van der Waals surface area contributed by atoms with Crippen LogP contribution in [0.1, 0.15) is 94.4 Å². The molecular weight excluding hydrogens is 242 g/mol. The minimum atomic E-state index is 0.192. The van der Waals surface area contributed by atoms with Crippen molar-refractivity contribution in [1.29, 1.82) is 0 Å². The molecule has 20 heavy (non-hydrogen) atoms. The molecule has 124 valence electrons. The number of nitrogens with one attached hydrogen (secondary N) is 1. The van der Waals surface area contributed by atoms with Crippen molar-refractivity contribution in [2.75, 3.05) is 6.54 Å². The van der Waals surface area contributed by atoms with Crippen LogP contribution in [0, 0.1) is 11.3 Å². The second kappa shape index (κ2) is 16.6. The van der Waals surface area contributed by atoms with E-state index >= 15 is 0 Å². The largest absolute Gasteiger partial charge is 0.388 e. The second-order valence-electron chi connectivity index (χ2n) is 6.25. The van der Waals surface area contributed by atoms with E-state index in [0.717, 1.165) is 18.2 Å². The van der Waals surface area contributed by atoms with Crippen LogP contribution >= 0.6 is 0 Å². The minimum absolute atomic E-state index is 0.192. The third-order valence-electron chi connectivity index (χ3n) is 2.95. The van der Waals surface area contributed by atoms with Gasteiger partial charge in [0.05, 0.1) is 0 Å². The standard InChI is InChI=1S/C15H31N.2C2H6/c1-13(2)11-9-7-8-10-12-16-14(3)15(4,5)6;2*1-2/h13,16H,3,7-12H2,1-2,4-6H3;2*1-2H3. The lowest BCUT2D eigenvalue weighted by molar-refractivity contribution is 0.454. The van der Waals surface area contributed by atoms with Crippen molar-refractivity contribution in [3.8, 4) is 0 Å². The highest BCUT2D eigenvalue weighted by Crippen LogP contribution is 2.20. The second-order valence-corrected chi connectivity index (χ2v) is 6.25. The SMILES string of the molecule is C=C(NCCCCCCC(C)C)C(C)(C)C.CC.CC. The summed E-state index contributed by atoms with van der Waals surface area (Å²) < 4.78 is 0. The number of hydrogen-bond acceptors (Lipinski definition) is 1. The van der Waals surface area contributed by atoms with Gasteiger partial charge in [-0.15, -0.1) is 0 Å². The first kappa shape index (κ1) is 24.6. The molecule has 0 amide bonds. The number of hydrogen-bond donors (Lipinski definition) is 1. The average molecular weight is 286 g/mol. The molecule has 0 bridgehead atoms. The predicted molar refractivity (Wildman–Crippen MR) is 97.2 cm³/mol. The molecule has 0 aromatic rings. The quantitative estimate of drug-likeness (QED) is 0.484. The van der Waals surface area contributed by atoms with Crippen LogP contribution in [-0.2, 0) is 0 Å². The van der Waals surface area contributed by atoms with Crippen LogP contribution in [0.2, 0.25) is 0 Å². The average Bonchev–Trinajstić information content (AvgIpc) is 2.40. The minimum Gasteiger partial charge on any atom is -0.388 e. The van der Waals surface area contributed by atoms with Crippen LogP contribution in [0.5, 0.6) is 0 Å². The van der Waals surface area contributed by atoms with Crippen molar-refractivity contribution < 1.29 is 0 Å². The highest BCUT2D eigenvalue weighted by molar-refractivity contribution is 5.02. The van der Waals surface area contributed by atoms with Gasteiger partial charge in [-0.2, -0.15) is 0 Å². The molecule has 0 aliphatic heterocycles. The fraction of sp³-hybridized carbons (Fsp3) is 0.895. The molecule has 0 saturated heterocycles. The van der Waals surface area contributed by atoms with E-state index in [1.165, 1.54) is 32.1 Å². The van der Waals surface area contributed by atoms with E-state index < -0.39 is 0 Å². The molecule has 1 heteroatoms. The van der Waals surface area contributed by atoms with Gasteiger partial charge in [-0.25, -0.2) is 0 Å². The zero-order valence-corrected chi connectivity index (χ0v) is 16.0. The first-order chi connectivity index (χ1) is 9.34. The van der Waals surface area contributed by atoms with Crippen LogP contribution in [0.25, 0.3) is 0 Å². The maximum Gasteiger partial charge on any atom is 0.0143 e. The monoisotopic (exact) mass is 285 g/mol. The molecule has 0 heterocycles. The molecule has 0 aliphatic carbocycles. The molecule has 1 nitrogen and oxygen atoms in total. The Kier molecular flexibility index (Phi) is 20.4. The van der Waals surface area contributed by atoms with E-state index in [2.05, 4.69) is 46.5 Å². The van der Waals surface area contributed by atoms with Crippen LogP contribution < -0.4 is 5.32 Å². The number of rotatable bonds is 8. The zero-order valence-electron chi connectivity index (χ0n) is 16.0. The van der Waals surface area contributed by atoms with Crippen LogP contribution in [0.15, 0.2) is 12.3 Å². The van der Waals surface area contributed by atoms with Crippen molar-refractivity contribution in [2.45, 2.75) is 94.4 Å². The van der Waals surface area contributed by atoms with Crippen LogP contribution in [0.3, 0.4) is 0 Å². The van der Waals surface area contributed by atoms with Gasteiger partial charge >= 0.3 is 0 Å². The van der Waals surface area contributed by atoms with Crippen molar-refractivity contribution in [3.63, 3.8) is 0 Å². The van der Waals surface area contributed by atoms with Gasteiger partial charge in [0, 0.05) is 17.7 Å². The van der Waals surface area contributed by atoms with Gasteiger partial charge in [-0.3, -0.25) is 0 Å². The Morgan fingerprint density at radius 1 is 0.900 bits per heavy atom. The molecule has 0 radical (unpaired) electrons. The molecule has 0 aliphatic rings. The maximum atomic E-state index is 4.07. The first-order valence-electron chi connectivity index (χ1n) is 8.77. The summed E-state index contributed by atoms with van der Waals surface area (Å²) in [4.78, 5) is 0. The van der Waals surface area contributed by atoms with Gasteiger partial charge in [0.15, 0.2) is 0 Å².